The fraction of sp³-hybridized carbons (Fsp3) is 0.214. The highest BCUT2D eigenvalue weighted by molar-refractivity contribution is 7.80. The summed E-state index contributed by atoms with van der Waals surface area (Å²) in [6.45, 7) is 0.820. The van der Waals surface area contributed by atoms with Gasteiger partial charge in [0.05, 0.1) is 19.3 Å². The smallest absolute Gasteiger partial charge is 0.120 e. The van der Waals surface area contributed by atoms with Crippen LogP contribution >= 0.6 is 23.6 Å². The lowest BCUT2D eigenvalue weighted by Crippen LogP contribution is -2.21. The molecule has 0 spiro atoms. The number of benzene rings is 1. The Morgan fingerprint density at radius 3 is 2.79 bits per heavy atom. The van der Waals surface area contributed by atoms with Crippen LogP contribution in [-0.2, 0) is 6.54 Å². The number of thiocarbonyl (C=S) groups is 1. The summed E-state index contributed by atoms with van der Waals surface area (Å²) in [7, 11) is 3.68. The van der Waals surface area contributed by atoms with Gasteiger partial charge in [-0.2, -0.15) is 0 Å². The third kappa shape index (κ3) is 3.24. The van der Waals surface area contributed by atoms with Gasteiger partial charge in [-0.15, -0.1) is 11.3 Å². The molecule has 0 fully saturated rings. The van der Waals surface area contributed by atoms with Crippen molar-refractivity contribution in [3.05, 3.63) is 46.2 Å². The van der Waals surface area contributed by atoms with Crippen LogP contribution in [0.15, 0.2) is 35.7 Å². The summed E-state index contributed by atoms with van der Waals surface area (Å²) >= 11 is 6.84. The van der Waals surface area contributed by atoms with Crippen LogP contribution in [0.4, 0.5) is 5.69 Å². The molecule has 100 valence electrons. The minimum atomic E-state index is 0.399. The molecule has 19 heavy (non-hydrogen) atoms. The monoisotopic (exact) mass is 292 g/mol. The summed E-state index contributed by atoms with van der Waals surface area (Å²) in [5, 5.41) is 2.07. The van der Waals surface area contributed by atoms with E-state index in [9.17, 15) is 0 Å². The quantitative estimate of drug-likeness (QED) is 0.860. The summed E-state index contributed by atoms with van der Waals surface area (Å²) in [5.74, 6) is 0.799. The number of rotatable bonds is 5. The normalized spacial score (nSPS) is 10.2. The van der Waals surface area contributed by atoms with Crippen molar-refractivity contribution in [3.63, 3.8) is 0 Å². The molecule has 0 aliphatic heterocycles. The zero-order valence-electron chi connectivity index (χ0n) is 10.9. The van der Waals surface area contributed by atoms with Gasteiger partial charge in [0.2, 0.25) is 0 Å². The summed E-state index contributed by atoms with van der Waals surface area (Å²) in [5.41, 5.74) is 7.64. The maximum atomic E-state index is 5.78. The van der Waals surface area contributed by atoms with Crippen LogP contribution in [0.25, 0.3) is 0 Å². The van der Waals surface area contributed by atoms with Crippen molar-refractivity contribution >= 4 is 34.2 Å². The fourth-order valence-electron chi connectivity index (χ4n) is 1.88. The zero-order valence-corrected chi connectivity index (χ0v) is 12.6. The van der Waals surface area contributed by atoms with Crippen molar-refractivity contribution in [1.82, 2.24) is 0 Å². The average molecular weight is 292 g/mol. The van der Waals surface area contributed by atoms with Crippen LogP contribution in [0, 0.1) is 0 Å². The highest BCUT2D eigenvalue weighted by atomic mass is 32.1. The third-order valence-corrected chi connectivity index (χ3v) is 3.94. The molecule has 3 nitrogen and oxygen atoms in total. The standard InChI is InChI=1S/C14H16N2OS2/c1-16(9-11-4-3-7-19-11)13-8-10(17-2)5-6-12(13)14(15)18/h3-8H,9H2,1-2H3,(H2,15,18). The van der Waals surface area contributed by atoms with Gasteiger partial charge in [-0.05, 0) is 23.6 Å². The molecule has 0 radical (unpaired) electrons. The summed E-state index contributed by atoms with van der Waals surface area (Å²) in [6, 6.07) is 9.90. The number of hydrogen-bond donors (Lipinski definition) is 1. The van der Waals surface area contributed by atoms with Crippen molar-refractivity contribution in [3.8, 4) is 5.75 Å². The second-order valence-corrected chi connectivity index (χ2v) is 5.65. The highest BCUT2D eigenvalue weighted by Crippen LogP contribution is 2.27. The second-order valence-electron chi connectivity index (χ2n) is 4.18. The predicted octanol–water partition coefficient (Wildman–Crippen LogP) is 3.03. The maximum Gasteiger partial charge on any atom is 0.120 e. The van der Waals surface area contributed by atoms with Gasteiger partial charge in [-0.3, -0.25) is 0 Å². The van der Waals surface area contributed by atoms with E-state index in [-0.39, 0.29) is 0 Å². The summed E-state index contributed by atoms with van der Waals surface area (Å²) in [6.07, 6.45) is 0. The van der Waals surface area contributed by atoms with Gasteiger partial charge in [0.15, 0.2) is 0 Å². The van der Waals surface area contributed by atoms with E-state index in [4.69, 9.17) is 22.7 Å². The number of thiophene rings is 1. The van der Waals surface area contributed by atoms with Crippen molar-refractivity contribution in [2.75, 3.05) is 19.1 Å². The summed E-state index contributed by atoms with van der Waals surface area (Å²) < 4.78 is 5.27. The van der Waals surface area contributed by atoms with Crippen LogP contribution in [0.2, 0.25) is 0 Å². The van der Waals surface area contributed by atoms with E-state index in [1.54, 1.807) is 18.4 Å². The molecule has 2 rings (SSSR count). The van der Waals surface area contributed by atoms with Gasteiger partial charge in [-0.1, -0.05) is 18.3 Å². The van der Waals surface area contributed by atoms with E-state index in [0.29, 0.717) is 4.99 Å². The van der Waals surface area contributed by atoms with Gasteiger partial charge in [0.25, 0.3) is 0 Å². The molecule has 2 N–H and O–H groups in total. The number of anilines is 1. The topological polar surface area (TPSA) is 38.5 Å². The molecule has 1 aromatic carbocycles. The molecular formula is C14H16N2OS2. The Morgan fingerprint density at radius 2 is 2.21 bits per heavy atom. The largest absolute Gasteiger partial charge is 0.497 e. The Bertz CT molecular complexity index is 567. The van der Waals surface area contributed by atoms with Crippen molar-refractivity contribution < 1.29 is 4.74 Å². The number of nitrogens with two attached hydrogens (primary N) is 1. The number of methoxy groups -OCH3 is 1. The van der Waals surface area contributed by atoms with E-state index < -0.39 is 0 Å². The maximum absolute atomic E-state index is 5.78. The zero-order chi connectivity index (χ0) is 13.8. The molecule has 0 atom stereocenters. The molecule has 1 heterocycles. The first-order valence-corrected chi connectivity index (χ1v) is 7.12. The molecule has 5 heteroatoms. The summed E-state index contributed by atoms with van der Waals surface area (Å²) in [4.78, 5) is 3.82. The van der Waals surface area contributed by atoms with Gasteiger partial charge >= 0.3 is 0 Å². The second kappa shape index (κ2) is 6.04. The lowest BCUT2D eigenvalue weighted by molar-refractivity contribution is 0.415. The van der Waals surface area contributed by atoms with E-state index in [1.807, 2.05) is 31.3 Å². The van der Waals surface area contributed by atoms with Crippen LogP contribution in [0.3, 0.4) is 0 Å². The van der Waals surface area contributed by atoms with E-state index in [2.05, 4.69) is 16.3 Å². The van der Waals surface area contributed by atoms with E-state index in [0.717, 1.165) is 23.5 Å². The first-order valence-electron chi connectivity index (χ1n) is 5.83. The van der Waals surface area contributed by atoms with Gasteiger partial charge < -0.3 is 15.4 Å². The fourth-order valence-corrected chi connectivity index (χ4v) is 2.81. The Morgan fingerprint density at radius 1 is 1.42 bits per heavy atom. The van der Waals surface area contributed by atoms with E-state index >= 15 is 0 Å². The van der Waals surface area contributed by atoms with Crippen LogP contribution in [0.5, 0.6) is 5.75 Å². The molecule has 0 aliphatic rings. The molecule has 0 aliphatic carbocycles. The van der Waals surface area contributed by atoms with E-state index in [1.165, 1.54) is 4.88 Å². The lowest BCUT2D eigenvalue weighted by atomic mass is 10.1. The van der Waals surface area contributed by atoms with Gasteiger partial charge in [-0.25, -0.2) is 0 Å². The predicted molar refractivity (Wildman–Crippen MR) is 85.3 cm³/mol. The molecule has 0 bridgehead atoms. The third-order valence-electron chi connectivity index (χ3n) is 2.85. The Balaban J connectivity index is 2.32. The lowest BCUT2D eigenvalue weighted by Gasteiger charge is -2.22. The molecule has 0 saturated carbocycles. The van der Waals surface area contributed by atoms with Crippen LogP contribution < -0.4 is 15.4 Å². The van der Waals surface area contributed by atoms with Crippen molar-refractivity contribution in [2.24, 2.45) is 5.73 Å². The first kappa shape index (κ1) is 13.8. The van der Waals surface area contributed by atoms with Crippen LogP contribution in [-0.4, -0.2) is 19.1 Å². The number of hydrogen-bond acceptors (Lipinski definition) is 4. The Hall–Kier alpha value is -1.59. The molecule has 0 saturated heterocycles. The first-order chi connectivity index (χ1) is 9.11. The van der Waals surface area contributed by atoms with Crippen molar-refractivity contribution in [2.45, 2.75) is 6.54 Å². The Labute approximate surface area is 122 Å². The molecule has 0 unspecified atom stereocenters. The minimum Gasteiger partial charge on any atom is -0.497 e. The molecule has 2 aromatic rings. The van der Waals surface area contributed by atoms with Gasteiger partial charge in [0.1, 0.15) is 10.7 Å². The molecular weight excluding hydrogens is 276 g/mol. The number of nitrogens with zero attached hydrogens (tertiary/aromatic N) is 1. The minimum absolute atomic E-state index is 0.399. The SMILES string of the molecule is COc1ccc(C(N)=S)c(N(C)Cc2cccs2)c1. The average Bonchev–Trinajstić information content (AvgIpc) is 2.90. The van der Waals surface area contributed by atoms with Gasteiger partial charge in [0, 0.05) is 23.6 Å². The Kier molecular flexibility index (Phi) is 4.39. The molecule has 0 amide bonds. The van der Waals surface area contributed by atoms with Crippen LogP contribution in [0.1, 0.15) is 10.4 Å². The molecule has 1 aromatic heterocycles. The van der Waals surface area contributed by atoms with Crippen molar-refractivity contribution in [1.29, 1.82) is 0 Å². The highest BCUT2D eigenvalue weighted by Gasteiger charge is 2.12. The number of ether oxygens (including phenoxy) is 1.